The topological polar surface area (TPSA) is 26.9 Å². The Balaban J connectivity index is 1.95. The normalized spacial score (nSPS) is 15.5. The van der Waals surface area contributed by atoms with E-state index in [4.69, 9.17) is 0 Å². The van der Waals surface area contributed by atoms with E-state index in [1.165, 1.54) is 38.2 Å². The van der Waals surface area contributed by atoms with Gasteiger partial charge < -0.3 is 9.13 Å². The van der Waals surface area contributed by atoms with Crippen molar-refractivity contribution in [1.82, 2.24) is 9.13 Å². The Morgan fingerprint density at radius 2 is 1.31 bits per heavy atom. The van der Waals surface area contributed by atoms with Crippen molar-refractivity contribution >= 4 is 55.0 Å². The average Bonchev–Trinajstić information content (AvgIpc) is 3.35. The summed E-state index contributed by atoms with van der Waals surface area (Å²) in [5.41, 5.74) is 7.83. The fourth-order valence-corrected chi connectivity index (χ4v) is 5.29. The molecule has 2 aromatic heterocycles. The molecular weight excluding hydrogens is 320 g/mol. The SMILES string of the molecule is C=C1CC(=O)c2c1c1c3ccccc3n3c1c1c2c2ccccc2n1C3. The van der Waals surface area contributed by atoms with Gasteiger partial charge in [0.1, 0.15) is 6.67 Å². The fourth-order valence-electron chi connectivity index (χ4n) is 5.29. The van der Waals surface area contributed by atoms with Crippen molar-refractivity contribution < 1.29 is 4.79 Å². The third kappa shape index (κ3) is 1.17. The summed E-state index contributed by atoms with van der Waals surface area (Å²) in [6.45, 7) is 5.06. The Labute approximate surface area is 148 Å². The third-order valence-corrected chi connectivity index (χ3v) is 6.21. The Hall–Kier alpha value is -3.33. The molecule has 0 saturated heterocycles. The van der Waals surface area contributed by atoms with Crippen LogP contribution in [0, 0.1) is 0 Å². The molecule has 0 spiro atoms. The molecule has 7 rings (SSSR count). The summed E-state index contributed by atoms with van der Waals surface area (Å²) in [6, 6.07) is 17.0. The Kier molecular flexibility index (Phi) is 1.95. The van der Waals surface area contributed by atoms with Crippen molar-refractivity contribution in [3.63, 3.8) is 0 Å². The molecule has 0 radical (unpaired) electrons. The summed E-state index contributed by atoms with van der Waals surface area (Å²) >= 11 is 0. The van der Waals surface area contributed by atoms with Gasteiger partial charge in [0.05, 0.1) is 22.1 Å². The molecule has 5 aromatic rings. The van der Waals surface area contributed by atoms with Gasteiger partial charge in [-0.05, 0) is 23.3 Å². The van der Waals surface area contributed by atoms with Gasteiger partial charge in [-0.25, -0.2) is 0 Å². The maximum Gasteiger partial charge on any atom is 0.168 e. The van der Waals surface area contributed by atoms with Crippen LogP contribution in [0.1, 0.15) is 22.3 Å². The summed E-state index contributed by atoms with van der Waals surface area (Å²) in [4.78, 5) is 13.0. The maximum absolute atomic E-state index is 13.0. The number of para-hydroxylation sites is 2. The van der Waals surface area contributed by atoms with E-state index in [-0.39, 0.29) is 5.78 Å². The second kappa shape index (κ2) is 3.91. The van der Waals surface area contributed by atoms with Crippen LogP contribution in [0.4, 0.5) is 0 Å². The number of hydrogen-bond donors (Lipinski definition) is 0. The van der Waals surface area contributed by atoms with Gasteiger partial charge >= 0.3 is 0 Å². The molecule has 122 valence electrons. The van der Waals surface area contributed by atoms with E-state index >= 15 is 0 Å². The highest BCUT2D eigenvalue weighted by Crippen LogP contribution is 2.50. The summed E-state index contributed by atoms with van der Waals surface area (Å²) in [6.07, 6.45) is 0.433. The maximum atomic E-state index is 13.0. The zero-order chi connectivity index (χ0) is 17.2. The van der Waals surface area contributed by atoms with E-state index < -0.39 is 0 Å². The number of fused-ring (bicyclic) bond motifs is 9. The van der Waals surface area contributed by atoms with Crippen LogP contribution in [0.5, 0.6) is 0 Å². The van der Waals surface area contributed by atoms with Crippen LogP contribution >= 0.6 is 0 Å². The zero-order valence-corrected chi connectivity index (χ0v) is 14.0. The first kappa shape index (κ1) is 13.0. The Morgan fingerprint density at radius 3 is 1.92 bits per heavy atom. The van der Waals surface area contributed by atoms with Crippen LogP contribution in [0.15, 0.2) is 55.1 Å². The lowest BCUT2D eigenvalue weighted by Crippen LogP contribution is -2.00. The molecule has 3 aromatic carbocycles. The number of aromatic nitrogens is 2. The number of rotatable bonds is 0. The van der Waals surface area contributed by atoms with E-state index in [1.807, 2.05) is 0 Å². The number of nitrogens with zero attached hydrogens (tertiary/aromatic N) is 2. The summed E-state index contributed by atoms with van der Waals surface area (Å²) in [5, 5.41) is 4.74. The van der Waals surface area contributed by atoms with Gasteiger partial charge in [-0.1, -0.05) is 43.0 Å². The van der Waals surface area contributed by atoms with Crippen LogP contribution in [0.25, 0.3) is 49.2 Å². The lowest BCUT2D eigenvalue weighted by atomic mass is 9.96. The predicted octanol–water partition coefficient (Wildman–Crippen LogP) is 5.32. The monoisotopic (exact) mass is 334 g/mol. The molecule has 0 saturated carbocycles. The van der Waals surface area contributed by atoms with E-state index in [0.717, 1.165) is 28.8 Å². The standard InChI is InChI=1S/C23H14N2O/c1-12-10-17(26)21-18(12)19-13-6-2-4-8-15(13)24-11-25-16-9-5-3-7-14(16)20(21)23(25)22(19)24/h2-9H,1,10-11H2. The van der Waals surface area contributed by atoms with Crippen LogP contribution in [-0.4, -0.2) is 14.9 Å². The number of hydrogen-bond acceptors (Lipinski definition) is 1. The van der Waals surface area contributed by atoms with Crippen molar-refractivity contribution in [3.05, 3.63) is 66.2 Å². The molecule has 0 unspecified atom stereocenters. The van der Waals surface area contributed by atoms with Gasteiger partial charge in [-0.3, -0.25) is 4.79 Å². The van der Waals surface area contributed by atoms with Crippen molar-refractivity contribution in [2.45, 2.75) is 13.1 Å². The molecule has 3 nitrogen and oxygen atoms in total. The number of allylic oxidation sites excluding steroid dienone is 1. The van der Waals surface area contributed by atoms with E-state index in [1.54, 1.807) is 0 Å². The molecule has 3 heterocycles. The molecule has 0 amide bonds. The first-order chi connectivity index (χ1) is 12.8. The molecule has 0 N–H and O–H groups in total. The first-order valence-corrected chi connectivity index (χ1v) is 8.95. The van der Waals surface area contributed by atoms with Gasteiger partial charge in [0.15, 0.2) is 5.78 Å². The fraction of sp³-hybridized carbons (Fsp3) is 0.0870. The summed E-state index contributed by atoms with van der Waals surface area (Å²) in [7, 11) is 0. The predicted molar refractivity (Wildman–Crippen MR) is 106 cm³/mol. The average molecular weight is 334 g/mol. The van der Waals surface area contributed by atoms with E-state index in [2.05, 4.69) is 64.2 Å². The molecular formula is C23H14N2O. The number of carbonyl (C=O) groups excluding carboxylic acids is 1. The van der Waals surface area contributed by atoms with Crippen molar-refractivity contribution in [2.75, 3.05) is 0 Å². The van der Waals surface area contributed by atoms with Gasteiger partial charge in [-0.2, -0.15) is 0 Å². The van der Waals surface area contributed by atoms with Crippen molar-refractivity contribution in [1.29, 1.82) is 0 Å². The highest BCUT2D eigenvalue weighted by Gasteiger charge is 2.35. The third-order valence-electron chi connectivity index (χ3n) is 6.21. The summed E-state index contributed by atoms with van der Waals surface area (Å²) in [5.74, 6) is 0.207. The zero-order valence-electron chi connectivity index (χ0n) is 14.0. The second-order valence-corrected chi connectivity index (χ2v) is 7.43. The molecule has 26 heavy (non-hydrogen) atoms. The second-order valence-electron chi connectivity index (χ2n) is 7.43. The minimum Gasteiger partial charge on any atom is -0.320 e. The van der Waals surface area contributed by atoms with Gasteiger partial charge in [0.25, 0.3) is 0 Å². The Morgan fingerprint density at radius 1 is 0.769 bits per heavy atom. The van der Waals surface area contributed by atoms with Crippen LogP contribution in [0.3, 0.4) is 0 Å². The van der Waals surface area contributed by atoms with Gasteiger partial charge in [0.2, 0.25) is 0 Å². The van der Waals surface area contributed by atoms with Crippen molar-refractivity contribution in [2.24, 2.45) is 0 Å². The highest BCUT2D eigenvalue weighted by molar-refractivity contribution is 6.35. The molecule has 1 aliphatic carbocycles. The van der Waals surface area contributed by atoms with Gasteiger partial charge in [0, 0.05) is 33.5 Å². The lowest BCUT2D eigenvalue weighted by Gasteiger charge is -2.05. The highest BCUT2D eigenvalue weighted by atomic mass is 16.1. The van der Waals surface area contributed by atoms with E-state index in [0.29, 0.717) is 6.42 Å². The summed E-state index contributed by atoms with van der Waals surface area (Å²) < 4.78 is 4.77. The van der Waals surface area contributed by atoms with Crippen LogP contribution < -0.4 is 0 Å². The number of benzene rings is 3. The molecule has 1 aliphatic heterocycles. The number of ketones is 1. The van der Waals surface area contributed by atoms with Crippen molar-refractivity contribution in [3.8, 4) is 0 Å². The quantitative estimate of drug-likeness (QED) is 0.369. The largest absolute Gasteiger partial charge is 0.320 e. The number of Topliss-reactive ketones (excluding diaryl/α,β-unsaturated/α-hetero) is 1. The first-order valence-electron chi connectivity index (χ1n) is 8.95. The lowest BCUT2D eigenvalue weighted by molar-refractivity contribution is 0.101. The molecule has 0 bridgehead atoms. The van der Waals surface area contributed by atoms with Crippen LogP contribution in [-0.2, 0) is 6.67 Å². The van der Waals surface area contributed by atoms with Gasteiger partial charge in [-0.15, -0.1) is 0 Å². The minimum absolute atomic E-state index is 0.207. The molecule has 3 heteroatoms. The molecule has 2 aliphatic rings. The minimum atomic E-state index is 0.207. The smallest absolute Gasteiger partial charge is 0.168 e. The molecule has 0 atom stereocenters. The Bertz CT molecular complexity index is 1400. The number of carbonyl (C=O) groups is 1. The van der Waals surface area contributed by atoms with E-state index in [9.17, 15) is 4.79 Å². The molecule has 0 fully saturated rings. The van der Waals surface area contributed by atoms with Crippen LogP contribution in [0.2, 0.25) is 0 Å².